The molecule has 2 fully saturated rings. The molecule has 0 radical (unpaired) electrons. The van der Waals surface area contributed by atoms with E-state index in [4.69, 9.17) is 0 Å². The molecule has 0 spiro atoms. The minimum Gasteiger partial charge on any atom is -0.335 e. The summed E-state index contributed by atoms with van der Waals surface area (Å²) < 4.78 is 0. The van der Waals surface area contributed by atoms with Crippen molar-refractivity contribution in [1.82, 2.24) is 9.88 Å². The SMILES string of the molecule is CSc1[nH]c(=O)c(C(=O)N2CCC[C@H]2C2CCCC2)cc1C#N. The van der Waals surface area contributed by atoms with E-state index in [0.717, 1.165) is 12.8 Å². The highest BCUT2D eigenvalue weighted by atomic mass is 32.2. The highest BCUT2D eigenvalue weighted by Crippen LogP contribution is 2.35. The van der Waals surface area contributed by atoms with E-state index in [1.54, 1.807) is 6.26 Å². The minimum atomic E-state index is -0.393. The number of nitriles is 1. The van der Waals surface area contributed by atoms with Gasteiger partial charge in [0.25, 0.3) is 11.5 Å². The summed E-state index contributed by atoms with van der Waals surface area (Å²) in [5.74, 6) is 0.353. The third-order valence-electron chi connectivity index (χ3n) is 5.06. The Bertz CT molecular complexity index is 701. The summed E-state index contributed by atoms with van der Waals surface area (Å²) >= 11 is 1.30. The summed E-state index contributed by atoms with van der Waals surface area (Å²) in [4.78, 5) is 29.7. The fourth-order valence-electron chi connectivity index (χ4n) is 3.95. The molecule has 0 unspecified atom stereocenters. The van der Waals surface area contributed by atoms with E-state index in [-0.39, 0.29) is 17.5 Å². The lowest BCUT2D eigenvalue weighted by atomic mass is 9.95. The summed E-state index contributed by atoms with van der Waals surface area (Å²) in [5.41, 5.74) is 0.0664. The molecule has 1 saturated heterocycles. The first kappa shape index (κ1) is 16.1. The maximum Gasteiger partial charge on any atom is 0.261 e. The standard InChI is InChI=1S/C17H21N3O2S/c1-23-16-12(10-18)9-13(15(21)19-16)17(22)20-8-4-7-14(20)11-5-2-3-6-11/h9,11,14H,2-8H2,1H3,(H,19,21)/t14-/m0/s1. The van der Waals surface area contributed by atoms with Crippen molar-refractivity contribution < 1.29 is 4.79 Å². The van der Waals surface area contributed by atoms with Gasteiger partial charge in [0.1, 0.15) is 11.6 Å². The number of pyridine rings is 1. The van der Waals surface area contributed by atoms with Gasteiger partial charge in [-0.15, -0.1) is 11.8 Å². The number of likely N-dealkylation sites (tertiary alicyclic amines) is 1. The van der Waals surface area contributed by atoms with Crippen molar-refractivity contribution in [1.29, 1.82) is 5.26 Å². The van der Waals surface area contributed by atoms with Crippen molar-refractivity contribution in [2.24, 2.45) is 5.92 Å². The van der Waals surface area contributed by atoms with Gasteiger partial charge >= 0.3 is 0 Å². The van der Waals surface area contributed by atoms with Crippen LogP contribution in [0.3, 0.4) is 0 Å². The van der Waals surface area contributed by atoms with E-state index >= 15 is 0 Å². The molecule has 1 aliphatic heterocycles. The molecule has 2 aliphatic rings. The Morgan fingerprint density at radius 3 is 2.74 bits per heavy atom. The monoisotopic (exact) mass is 331 g/mol. The van der Waals surface area contributed by atoms with Crippen LogP contribution >= 0.6 is 11.8 Å². The Morgan fingerprint density at radius 1 is 1.35 bits per heavy atom. The van der Waals surface area contributed by atoms with Crippen LogP contribution < -0.4 is 5.56 Å². The third kappa shape index (κ3) is 3.02. The summed E-state index contributed by atoms with van der Waals surface area (Å²) in [6.07, 6.45) is 8.67. The van der Waals surface area contributed by atoms with E-state index in [0.29, 0.717) is 23.1 Å². The highest BCUT2D eigenvalue weighted by molar-refractivity contribution is 7.98. The van der Waals surface area contributed by atoms with Gasteiger partial charge in [-0.3, -0.25) is 9.59 Å². The van der Waals surface area contributed by atoms with Gasteiger partial charge in [-0.25, -0.2) is 0 Å². The fourth-order valence-corrected chi connectivity index (χ4v) is 4.47. The summed E-state index contributed by atoms with van der Waals surface area (Å²) in [6, 6.07) is 3.78. The zero-order chi connectivity index (χ0) is 16.4. The number of rotatable bonds is 3. The van der Waals surface area contributed by atoms with E-state index in [2.05, 4.69) is 11.1 Å². The number of nitrogens with one attached hydrogen (secondary N) is 1. The molecule has 1 saturated carbocycles. The van der Waals surface area contributed by atoms with Crippen molar-refractivity contribution in [3.05, 3.63) is 27.5 Å². The van der Waals surface area contributed by atoms with Crippen LogP contribution in [0.2, 0.25) is 0 Å². The zero-order valence-electron chi connectivity index (χ0n) is 13.3. The Labute approximate surface area is 140 Å². The number of nitrogens with zero attached hydrogens (tertiary/aromatic N) is 2. The van der Waals surface area contributed by atoms with Crippen LogP contribution in [0.4, 0.5) is 0 Å². The number of hydrogen-bond donors (Lipinski definition) is 1. The zero-order valence-corrected chi connectivity index (χ0v) is 14.1. The Hall–Kier alpha value is -1.74. The van der Waals surface area contributed by atoms with E-state index in [1.165, 1.54) is 43.5 Å². The molecular formula is C17H21N3O2S. The normalized spacial score (nSPS) is 21.6. The molecule has 1 N–H and O–H groups in total. The number of carbonyl (C=O) groups excluding carboxylic acids is 1. The number of carbonyl (C=O) groups is 1. The van der Waals surface area contributed by atoms with Crippen LogP contribution in [0.1, 0.15) is 54.4 Å². The van der Waals surface area contributed by atoms with Gasteiger partial charge in [0.15, 0.2) is 0 Å². The maximum atomic E-state index is 12.9. The molecule has 1 aliphatic carbocycles. The lowest BCUT2D eigenvalue weighted by Crippen LogP contribution is -2.41. The van der Waals surface area contributed by atoms with E-state index in [1.807, 2.05) is 4.90 Å². The number of aromatic nitrogens is 1. The topological polar surface area (TPSA) is 77.0 Å². The molecule has 5 nitrogen and oxygen atoms in total. The second kappa shape index (κ2) is 6.79. The van der Waals surface area contributed by atoms with Gasteiger partial charge in [0, 0.05) is 12.6 Å². The molecule has 0 bridgehead atoms. The van der Waals surface area contributed by atoms with Gasteiger partial charge < -0.3 is 9.88 Å². The molecule has 3 rings (SSSR count). The first-order valence-electron chi connectivity index (χ1n) is 8.18. The molecule has 23 heavy (non-hydrogen) atoms. The molecule has 6 heteroatoms. The average Bonchev–Trinajstić information content (AvgIpc) is 3.24. The smallest absolute Gasteiger partial charge is 0.261 e. The van der Waals surface area contributed by atoms with Crippen LogP contribution in [0.25, 0.3) is 0 Å². The largest absolute Gasteiger partial charge is 0.335 e. The molecule has 1 amide bonds. The molecule has 1 atom stereocenters. The van der Waals surface area contributed by atoms with Crippen molar-refractivity contribution in [2.45, 2.75) is 49.6 Å². The summed E-state index contributed by atoms with van der Waals surface area (Å²) in [5, 5.41) is 9.74. The third-order valence-corrected chi connectivity index (χ3v) is 5.79. The van der Waals surface area contributed by atoms with Crippen LogP contribution in [-0.2, 0) is 0 Å². The van der Waals surface area contributed by atoms with Crippen molar-refractivity contribution in [3.63, 3.8) is 0 Å². The van der Waals surface area contributed by atoms with E-state index in [9.17, 15) is 14.9 Å². The Balaban J connectivity index is 1.90. The van der Waals surface area contributed by atoms with Crippen LogP contribution in [0.5, 0.6) is 0 Å². The van der Waals surface area contributed by atoms with Gasteiger partial charge in [-0.05, 0) is 43.9 Å². The van der Waals surface area contributed by atoms with E-state index < -0.39 is 5.56 Å². The number of aromatic amines is 1. The highest BCUT2D eigenvalue weighted by Gasteiger charge is 2.37. The molecule has 122 valence electrons. The predicted molar refractivity (Wildman–Crippen MR) is 89.6 cm³/mol. The lowest BCUT2D eigenvalue weighted by molar-refractivity contribution is 0.0687. The van der Waals surface area contributed by atoms with Gasteiger partial charge in [0.05, 0.1) is 10.6 Å². The first-order chi connectivity index (χ1) is 11.2. The number of thioether (sulfide) groups is 1. The molecular weight excluding hydrogens is 310 g/mol. The fraction of sp³-hybridized carbons (Fsp3) is 0.588. The molecule has 0 aromatic carbocycles. The summed E-state index contributed by atoms with van der Waals surface area (Å²) in [7, 11) is 0. The van der Waals surface area contributed by atoms with Gasteiger partial charge in [-0.1, -0.05) is 12.8 Å². The Morgan fingerprint density at radius 2 is 2.09 bits per heavy atom. The van der Waals surface area contributed by atoms with Gasteiger partial charge in [-0.2, -0.15) is 5.26 Å². The quantitative estimate of drug-likeness (QED) is 0.864. The van der Waals surface area contributed by atoms with Crippen LogP contribution in [-0.4, -0.2) is 34.6 Å². The van der Waals surface area contributed by atoms with Crippen LogP contribution in [0.15, 0.2) is 15.9 Å². The van der Waals surface area contributed by atoms with Crippen LogP contribution in [0, 0.1) is 17.2 Å². The van der Waals surface area contributed by atoms with Crippen molar-refractivity contribution in [3.8, 4) is 6.07 Å². The number of hydrogen-bond acceptors (Lipinski definition) is 4. The second-order valence-electron chi connectivity index (χ2n) is 6.32. The van der Waals surface area contributed by atoms with Gasteiger partial charge in [0.2, 0.25) is 0 Å². The molecule has 1 aromatic heterocycles. The Kier molecular flexibility index (Phi) is 4.76. The second-order valence-corrected chi connectivity index (χ2v) is 7.14. The molecule has 1 aromatic rings. The van der Waals surface area contributed by atoms with Crippen molar-refractivity contribution in [2.75, 3.05) is 12.8 Å². The van der Waals surface area contributed by atoms with Crippen molar-refractivity contribution >= 4 is 17.7 Å². The minimum absolute atomic E-state index is 0.101. The number of H-pyrrole nitrogens is 1. The summed E-state index contributed by atoms with van der Waals surface area (Å²) in [6.45, 7) is 0.714. The number of amides is 1. The molecule has 2 heterocycles. The predicted octanol–water partition coefficient (Wildman–Crippen LogP) is 2.76. The maximum absolute atomic E-state index is 12.9. The first-order valence-corrected chi connectivity index (χ1v) is 9.40. The lowest BCUT2D eigenvalue weighted by Gasteiger charge is -2.29. The average molecular weight is 331 g/mol.